The van der Waals surface area contributed by atoms with E-state index in [1.54, 1.807) is 57.5 Å². The number of carbonyl (C=O) groups excluding carboxylic acids is 3. The molecule has 2 aliphatic rings. The van der Waals surface area contributed by atoms with E-state index >= 15 is 0 Å². The van der Waals surface area contributed by atoms with Gasteiger partial charge in [-0.15, -0.1) is 11.3 Å². The van der Waals surface area contributed by atoms with E-state index in [2.05, 4.69) is 5.32 Å². The first-order valence-corrected chi connectivity index (χ1v) is 14.6. The Morgan fingerprint density at radius 1 is 1.05 bits per heavy atom. The maximum atomic E-state index is 14.1. The Bertz CT molecular complexity index is 1630. The van der Waals surface area contributed by atoms with Gasteiger partial charge in [-0.2, -0.15) is 5.01 Å². The van der Waals surface area contributed by atoms with E-state index in [-0.39, 0.29) is 43.1 Å². The van der Waals surface area contributed by atoms with Gasteiger partial charge in [-0.1, -0.05) is 54.6 Å². The first kappa shape index (κ1) is 27.7. The largest absolute Gasteiger partial charge is 0.508 e. The predicted molar refractivity (Wildman–Crippen MR) is 159 cm³/mol. The molecule has 0 unspecified atom stereocenters. The van der Waals surface area contributed by atoms with E-state index in [1.165, 1.54) is 5.01 Å². The van der Waals surface area contributed by atoms with Crippen molar-refractivity contribution in [3.05, 3.63) is 94.5 Å². The molecule has 0 radical (unpaired) electrons. The number of benzene rings is 3. The molecule has 3 aromatic carbocycles. The van der Waals surface area contributed by atoms with Crippen molar-refractivity contribution in [2.75, 3.05) is 20.1 Å². The Morgan fingerprint density at radius 3 is 2.57 bits per heavy atom. The van der Waals surface area contributed by atoms with Crippen molar-refractivity contribution < 1.29 is 19.5 Å². The molecule has 0 spiro atoms. The summed E-state index contributed by atoms with van der Waals surface area (Å²) in [6.45, 7) is 2.88. The number of phenols is 1. The smallest absolute Gasteiger partial charge is 0.332 e. The number of urea groups is 1. The summed E-state index contributed by atoms with van der Waals surface area (Å²) < 4.78 is 1.06. The van der Waals surface area contributed by atoms with Gasteiger partial charge in [0.25, 0.3) is 0 Å². The monoisotopic (exact) mass is 584 g/mol. The number of rotatable bonds is 7. The Kier molecular flexibility index (Phi) is 7.53. The summed E-state index contributed by atoms with van der Waals surface area (Å²) in [4.78, 5) is 48.8. The van der Waals surface area contributed by atoms with Gasteiger partial charge < -0.3 is 20.2 Å². The van der Waals surface area contributed by atoms with E-state index in [9.17, 15) is 19.5 Å². The molecule has 2 saturated heterocycles. The number of hydrazine groups is 1. The molecular formula is C31H32N6O4S. The average molecular weight is 585 g/mol. The van der Waals surface area contributed by atoms with Crippen molar-refractivity contribution in [3.63, 3.8) is 0 Å². The maximum Gasteiger partial charge on any atom is 0.332 e. The van der Waals surface area contributed by atoms with Gasteiger partial charge in [0.15, 0.2) is 0 Å². The topological polar surface area (TPSA) is 109 Å². The molecule has 0 aliphatic carbocycles. The van der Waals surface area contributed by atoms with Crippen LogP contribution < -0.4 is 5.32 Å². The number of nitrogens with zero attached hydrogens (tertiary/aromatic N) is 5. The second-order valence-electron chi connectivity index (χ2n) is 10.6. The number of aromatic hydroxyl groups is 1. The van der Waals surface area contributed by atoms with Crippen molar-refractivity contribution in [2.45, 2.75) is 38.6 Å². The lowest BCUT2D eigenvalue weighted by molar-refractivity contribution is -0.157. The summed E-state index contributed by atoms with van der Waals surface area (Å²) in [5.74, 6) is -0.238. The van der Waals surface area contributed by atoms with Crippen LogP contribution in [-0.2, 0) is 29.1 Å². The van der Waals surface area contributed by atoms with Gasteiger partial charge >= 0.3 is 6.03 Å². The van der Waals surface area contributed by atoms with Crippen LogP contribution in [0.1, 0.15) is 21.7 Å². The fourth-order valence-corrected chi connectivity index (χ4v) is 6.63. The number of amides is 4. The highest BCUT2D eigenvalue weighted by Crippen LogP contribution is 2.32. The second-order valence-corrected chi connectivity index (χ2v) is 11.9. The number of fused-ring (bicyclic) bond motifs is 2. The van der Waals surface area contributed by atoms with Crippen LogP contribution in [0.25, 0.3) is 10.2 Å². The van der Waals surface area contributed by atoms with Crippen molar-refractivity contribution in [1.29, 1.82) is 0 Å². The minimum atomic E-state index is -0.761. The normalized spacial score (nSPS) is 18.9. The molecule has 4 aromatic rings. The van der Waals surface area contributed by atoms with Crippen LogP contribution in [0, 0.1) is 6.92 Å². The molecule has 4 amide bonds. The molecule has 0 saturated carbocycles. The number of hydrogen-bond donors (Lipinski definition) is 2. The molecule has 1 aromatic heterocycles. The summed E-state index contributed by atoms with van der Waals surface area (Å²) in [7, 11) is 1.64. The molecule has 2 N–H and O–H groups in total. The van der Waals surface area contributed by atoms with Gasteiger partial charge in [0.2, 0.25) is 11.8 Å². The SMILES string of the molecule is Cc1nc2c(CN3C[C@H]4N(C(=O)CN4N(C)C(=O)NCc4ccccc4)[C@@H](Cc4ccc(O)cc4)C3=O)cccc2s1. The standard InChI is InChI=1S/C31H32N6O4S/c1-20-33-29-23(9-6-10-26(29)42-20)17-35-18-27-36(34(2)31(41)32-16-22-7-4-3-5-8-22)19-28(39)37(27)25(30(35)40)15-21-11-13-24(38)14-12-21/h3-14,25,27,38H,15-19H2,1-2H3,(H,32,41)/t25-,27+/m0/s1. The third kappa shape index (κ3) is 5.40. The number of hydrogen-bond acceptors (Lipinski definition) is 7. The van der Waals surface area contributed by atoms with E-state index in [0.717, 1.165) is 31.9 Å². The third-order valence-electron chi connectivity index (χ3n) is 7.87. The minimum absolute atomic E-state index is 0.0199. The van der Waals surface area contributed by atoms with E-state index < -0.39 is 12.2 Å². The number of thiazole rings is 1. The number of aryl methyl sites for hydroxylation is 1. The Morgan fingerprint density at radius 2 is 1.81 bits per heavy atom. The Balaban J connectivity index is 1.28. The highest BCUT2D eigenvalue weighted by molar-refractivity contribution is 7.18. The number of aromatic nitrogens is 1. The summed E-state index contributed by atoms with van der Waals surface area (Å²) in [5, 5.41) is 16.8. The number of phenolic OH excluding ortho intramolecular Hbond substituents is 1. The zero-order valence-electron chi connectivity index (χ0n) is 23.4. The first-order chi connectivity index (χ1) is 20.3. The molecule has 216 valence electrons. The molecule has 6 rings (SSSR count). The Hall–Kier alpha value is -4.48. The van der Waals surface area contributed by atoms with Crippen LogP contribution in [0.2, 0.25) is 0 Å². The summed E-state index contributed by atoms with van der Waals surface area (Å²) in [6.07, 6.45) is -0.239. The van der Waals surface area contributed by atoms with Gasteiger partial charge in [-0.25, -0.2) is 9.78 Å². The van der Waals surface area contributed by atoms with Gasteiger partial charge in [0.1, 0.15) is 18.0 Å². The minimum Gasteiger partial charge on any atom is -0.508 e. The lowest BCUT2D eigenvalue weighted by Crippen LogP contribution is -2.65. The van der Waals surface area contributed by atoms with Crippen LogP contribution >= 0.6 is 11.3 Å². The van der Waals surface area contributed by atoms with Crippen LogP contribution in [0.15, 0.2) is 72.8 Å². The summed E-state index contributed by atoms with van der Waals surface area (Å²) in [6, 6.07) is 21.2. The van der Waals surface area contributed by atoms with Crippen LogP contribution in [-0.4, -0.2) is 80.1 Å². The van der Waals surface area contributed by atoms with Crippen LogP contribution in [0.5, 0.6) is 5.75 Å². The van der Waals surface area contributed by atoms with Crippen LogP contribution in [0.3, 0.4) is 0 Å². The van der Waals surface area contributed by atoms with Crippen LogP contribution in [0.4, 0.5) is 4.79 Å². The zero-order valence-corrected chi connectivity index (χ0v) is 24.3. The van der Waals surface area contributed by atoms with Crippen molar-refractivity contribution in [1.82, 2.24) is 30.1 Å². The fourth-order valence-electron chi connectivity index (χ4n) is 5.76. The number of piperazine rings is 1. The van der Waals surface area contributed by atoms with Gasteiger partial charge in [0, 0.05) is 26.6 Å². The van der Waals surface area contributed by atoms with Crippen molar-refractivity contribution >= 4 is 39.4 Å². The molecule has 2 atom stereocenters. The van der Waals surface area contributed by atoms with Gasteiger partial charge in [-0.3, -0.25) is 14.6 Å². The lowest BCUT2D eigenvalue weighted by Gasteiger charge is -2.45. The molecule has 2 aliphatic heterocycles. The molecule has 3 heterocycles. The molecule has 10 nitrogen and oxygen atoms in total. The number of nitrogens with one attached hydrogen (secondary N) is 1. The third-order valence-corrected chi connectivity index (χ3v) is 8.80. The highest BCUT2D eigenvalue weighted by Gasteiger charge is 2.51. The van der Waals surface area contributed by atoms with Gasteiger partial charge in [-0.05, 0) is 41.8 Å². The number of carbonyl (C=O) groups is 3. The molecule has 0 bridgehead atoms. The van der Waals surface area contributed by atoms with Crippen molar-refractivity contribution in [2.24, 2.45) is 0 Å². The average Bonchev–Trinajstić information content (AvgIpc) is 3.54. The van der Waals surface area contributed by atoms with Crippen molar-refractivity contribution in [3.8, 4) is 5.75 Å². The molecule has 2 fully saturated rings. The van der Waals surface area contributed by atoms with E-state index in [4.69, 9.17) is 4.98 Å². The Labute approximate surface area is 247 Å². The van der Waals surface area contributed by atoms with E-state index in [1.807, 2.05) is 55.5 Å². The molecule has 11 heteroatoms. The second kappa shape index (κ2) is 11.4. The maximum absolute atomic E-state index is 14.1. The zero-order chi connectivity index (χ0) is 29.4. The summed E-state index contributed by atoms with van der Waals surface area (Å²) >= 11 is 1.61. The first-order valence-electron chi connectivity index (χ1n) is 13.8. The predicted octanol–water partition coefficient (Wildman–Crippen LogP) is 3.49. The fraction of sp³-hybridized carbons (Fsp3) is 0.290. The summed E-state index contributed by atoms with van der Waals surface area (Å²) in [5.41, 5.74) is 3.60. The quantitative estimate of drug-likeness (QED) is 0.344. The lowest BCUT2D eigenvalue weighted by atomic mass is 9.99. The number of para-hydroxylation sites is 1. The van der Waals surface area contributed by atoms with Gasteiger partial charge in [0.05, 0.1) is 28.3 Å². The molecule has 42 heavy (non-hydrogen) atoms. The highest BCUT2D eigenvalue weighted by atomic mass is 32.1. The molecular weight excluding hydrogens is 552 g/mol. The van der Waals surface area contributed by atoms with E-state index in [0.29, 0.717) is 13.1 Å².